The molecule has 0 N–H and O–H groups in total. The lowest BCUT2D eigenvalue weighted by atomic mass is 10.1. The van der Waals surface area contributed by atoms with E-state index in [0.29, 0.717) is 0 Å². The van der Waals surface area contributed by atoms with Crippen LogP contribution < -0.4 is 0 Å². The summed E-state index contributed by atoms with van der Waals surface area (Å²) in [5, 5.41) is 10.4. The average Bonchev–Trinajstić information content (AvgIpc) is 2.14. The molecule has 0 fully saturated rings. The molecule has 0 aliphatic heterocycles. The monoisotopic (exact) mass is 206 g/mol. The maximum Gasteiger partial charge on any atom is 0.269 e. The SMILES string of the molecule is CC(C)(C)/N=C/c1ccc([N+](=O)[O-])cc1. The van der Waals surface area contributed by atoms with Crippen molar-refractivity contribution >= 4 is 11.9 Å². The molecule has 0 saturated carbocycles. The Kier molecular flexibility index (Phi) is 3.19. The minimum atomic E-state index is -0.412. The van der Waals surface area contributed by atoms with Gasteiger partial charge in [0, 0.05) is 18.3 Å². The van der Waals surface area contributed by atoms with Gasteiger partial charge in [-0.1, -0.05) is 0 Å². The molecule has 0 atom stereocenters. The van der Waals surface area contributed by atoms with Crippen molar-refractivity contribution in [2.24, 2.45) is 4.99 Å². The fourth-order valence-electron chi connectivity index (χ4n) is 0.950. The van der Waals surface area contributed by atoms with Crippen molar-refractivity contribution in [3.8, 4) is 0 Å². The molecule has 0 spiro atoms. The first-order chi connectivity index (χ1) is 6.88. The smallest absolute Gasteiger partial charge is 0.269 e. The van der Waals surface area contributed by atoms with Crippen LogP contribution in [0.1, 0.15) is 26.3 Å². The third-order valence-electron chi connectivity index (χ3n) is 1.70. The Bertz CT molecular complexity index is 375. The van der Waals surface area contributed by atoms with E-state index in [4.69, 9.17) is 0 Å². The molecule has 4 nitrogen and oxygen atoms in total. The predicted molar refractivity (Wildman–Crippen MR) is 60.4 cm³/mol. The van der Waals surface area contributed by atoms with Gasteiger partial charge in [-0.3, -0.25) is 15.1 Å². The van der Waals surface area contributed by atoms with Crippen LogP contribution in [-0.4, -0.2) is 16.7 Å². The highest BCUT2D eigenvalue weighted by molar-refractivity contribution is 5.80. The van der Waals surface area contributed by atoms with Gasteiger partial charge in [0.15, 0.2) is 0 Å². The van der Waals surface area contributed by atoms with Crippen molar-refractivity contribution < 1.29 is 4.92 Å². The van der Waals surface area contributed by atoms with Crippen LogP contribution in [0.5, 0.6) is 0 Å². The first-order valence-corrected chi connectivity index (χ1v) is 4.68. The lowest BCUT2D eigenvalue weighted by molar-refractivity contribution is -0.384. The van der Waals surface area contributed by atoms with Crippen molar-refractivity contribution in [2.75, 3.05) is 0 Å². The Morgan fingerprint density at radius 1 is 1.27 bits per heavy atom. The Balaban J connectivity index is 2.82. The van der Waals surface area contributed by atoms with Crippen LogP contribution in [0.3, 0.4) is 0 Å². The second-order valence-corrected chi connectivity index (χ2v) is 4.28. The maximum absolute atomic E-state index is 10.4. The first kappa shape index (κ1) is 11.4. The summed E-state index contributed by atoms with van der Waals surface area (Å²) in [6, 6.07) is 6.33. The first-order valence-electron chi connectivity index (χ1n) is 4.68. The number of rotatable bonds is 2. The molecule has 0 aliphatic carbocycles. The lowest BCUT2D eigenvalue weighted by Crippen LogP contribution is -2.09. The highest BCUT2D eigenvalue weighted by atomic mass is 16.6. The van der Waals surface area contributed by atoms with Gasteiger partial charge in [0.2, 0.25) is 0 Å². The summed E-state index contributed by atoms with van der Waals surface area (Å²) >= 11 is 0. The quantitative estimate of drug-likeness (QED) is 0.424. The van der Waals surface area contributed by atoms with Crippen LogP contribution >= 0.6 is 0 Å². The average molecular weight is 206 g/mol. The van der Waals surface area contributed by atoms with Gasteiger partial charge in [-0.2, -0.15) is 0 Å². The molecule has 1 rings (SSSR count). The van der Waals surface area contributed by atoms with E-state index >= 15 is 0 Å². The van der Waals surface area contributed by atoms with Crippen LogP contribution in [-0.2, 0) is 0 Å². The summed E-state index contributed by atoms with van der Waals surface area (Å²) in [5.41, 5.74) is 0.848. The molecule has 0 unspecified atom stereocenters. The summed E-state index contributed by atoms with van der Waals surface area (Å²) in [7, 11) is 0. The molecule has 0 saturated heterocycles. The van der Waals surface area contributed by atoms with Gasteiger partial charge in [-0.15, -0.1) is 0 Å². The molecule has 0 bridgehead atoms. The second-order valence-electron chi connectivity index (χ2n) is 4.28. The van der Waals surface area contributed by atoms with Gasteiger partial charge < -0.3 is 0 Å². The van der Waals surface area contributed by atoms with Crippen molar-refractivity contribution in [1.82, 2.24) is 0 Å². The minimum Gasteiger partial charge on any atom is -0.287 e. The van der Waals surface area contributed by atoms with E-state index in [1.54, 1.807) is 18.3 Å². The maximum atomic E-state index is 10.4. The Hall–Kier alpha value is -1.71. The highest BCUT2D eigenvalue weighted by Gasteiger charge is 2.06. The fourth-order valence-corrected chi connectivity index (χ4v) is 0.950. The highest BCUT2D eigenvalue weighted by Crippen LogP contribution is 2.12. The number of benzene rings is 1. The zero-order chi connectivity index (χ0) is 11.5. The van der Waals surface area contributed by atoms with Gasteiger partial charge in [-0.25, -0.2) is 0 Å². The van der Waals surface area contributed by atoms with Crippen LogP contribution in [0, 0.1) is 10.1 Å². The van der Waals surface area contributed by atoms with Crippen LogP contribution in [0.15, 0.2) is 29.3 Å². The molecule has 0 heterocycles. The lowest BCUT2D eigenvalue weighted by Gasteiger charge is -2.10. The molecule has 1 aromatic carbocycles. The Morgan fingerprint density at radius 2 is 1.80 bits per heavy atom. The number of nitrogens with zero attached hydrogens (tertiary/aromatic N) is 2. The van der Waals surface area contributed by atoms with Crippen molar-refractivity contribution in [3.63, 3.8) is 0 Å². The van der Waals surface area contributed by atoms with Gasteiger partial charge in [0.05, 0.1) is 10.5 Å². The van der Waals surface area contributed by atoms with Gasteiger partial charge in [-0.05, 0) is 38.5 Å². The van der Waals surface area contributed by atoms with Gasteiger partial charge >= 0.3 is 0 Å². The van der Waals surface area contributed by atoms with E-state index in [-0.39, 0.29) is 11.2 Å². The number of hydrogen-bond acceptors (Lipinski definition) is 3. The number of nitro benzene ring substituents is 1. The van der Waals surface area contributed by atoms with E-state index in [9.17, 15) is 10.1 Å². The summed E-state index contributed by atoms with van der Waals surface area (Å²) in [4.78, 5) is 14.3. The van der Waals surface area contributed by atoms with Crippen LogP contribution in [0.2, 0.25) is 0 Å². The number of non-ortho nitro benzene ring substituents is 1. The van der Waals surface area contributed by atoms with Crippen molar-refractivity contribution in [3.05, 3.63) is 39.9 Å². The van der Waals surface area contributed by atoms with Crippen molar-refractivity contribution in [2.45, 2.75) is 26.3 Å². The zero-order valence-electron chi connectivity index (χ0n) is 9.10. The molecule has 80 valence electrons. The second kappa shape index (κ2) is 4.21. The molecule has 0 amide bonds. The Morgan fingerprint density at radius 3 is 2.20 bits per heavy atom. The molecular weight excluding hydrogens is 192 g/mol. The molecule has 0 aliphatic rings. The van der Waals surface area contributed by atoms with E-state index < -0.39 is 4.92 Å². The molecule has 0 radical (unpaired) electrons. The summed E-state index contributed by atoms with van der Waals surface area (Å²) in [6.45, 7) is 5.98. The van der Waals surface area contributed by atoms with Crippen LogP contribution in [0.25, 0.3) is 0 Å². The van der Waals surface area contributed by atoms with Gasteiger partial charge in [0.1, 0.15) is 0 Å². The predicted octanol–water partition coefficient (Wildman–Crippen LogP) is 2.81. The minimum absolute atomic E-state index is 0.0999. The van der Waals surface area contributed by atoms with E-state index in [1.807, 2.05) is 20.8 Å². The summed E-state index contributed by atoms with van der Waals surface area (Å²) in [6.07, 6.45) is 1.73. The van der Waals surface area contributed by atoms with E-state index in [2.05, 4.69) is 4.99 Å². The number of aliphatic imine (C=N–C) groups is 1. The van der Waals surface area contributed by atoms with Gasteiger partial charge in [0.25, 0.3) is 5.69 Å². The third kappa shape index (κ3) is 3.89. The molecular formula is C11H14N2O2. The summed E-state index contributed by atoms with van der Waals surface area (Å²) < 4.78 is 0. The molecule has 4 heteroatoms. The van der Waals surface area contributed by atoms with E-state index in [0.717, 1.165) is 5.56 Å². The Labute approximate surface area is 88.8 Å². The summed E-state index contributed by atoms with van der Waals surface area (Å²) in [5.74, 6) is 0. The standard InChI is InChI=1S/C11H14N2O2/c1-11(2,3)12-8-9-4-6-10(7-5-9)13(14)15/h4-8H,1-3H3/b12-8+. The van der Waals surface area contributed by atoms with E-state index in [1.165, 1.54) is 12.1 Å². The fraction of sp³-hybridized carbons (Fsp3) is 0.364. The topological polar surface area (TPSA) is 55.5 Å². The molecule has 0 aromatic heterocycles. The van der Waals surface area contributed by atoms with Crippen molar-refractivity contribution in [1.29, 1.82) is 0 Å². The third-order valence-corrected chi connectivity index (χ3v) is 1.70. The largest absolute Gasteiger partial charge is 0.287 e. The van der Waals surface area contributed by atoms with Crippen LogP contribution in [0.4, 0.5) is 5.69 Å². The zero-order valence-corrected chi connectivity index (χ0v) is 9.10. The number of hydrogen-bond donors (Lipinski definition) is 0. The normalized spacial score (nSPS) is 11.9. The molecule has 1 aromatic rings. The molecule has 15 heavy (non-hydrogen) atoms. The number of nitro groups is 1.